The number of hydrogen-bond acceptors (Lipinski definition) is 6. The maximum Gasteiger partial charge on any atom is 0.306 e. The van der Waals surface area contributed by atoms with E-state index in [0.29, 0.717) is 19.3 Å². The van der Waals surface area contributed by atoms with Crippen molar-refractivity contribution in [1.29, 1.82) is 0 Å². The summed E-state index contributed by atoms with van der Waals surface area (Å²) in [5.74, 6) is -0.968. The molecule has 0 aromatic heterocycles. The number of hydrogen-bond donors (Lipinski definition) is 0. The fourth-order valence-electron chi connectivity index (χ4n) is 7.06. The molecule has 0 aromatic rings. The molecule has 0 fully saturated rings. The summed E-state index contributed by atoms with van der Waals surface area (Å²) in [5, 5.41) is 0. The molecule has 0 N–H and O–H groups in total. The van der Waals surface area contributed by atoms with Gasteiger partial charge in [0.1, 0.15) is 13.2 Å². The Morgan fingerprint density at radius 3 is 1.03 bits per heavy atom. The van der Waals surface area contributed by atoms with Gasteiger partial charge < -0.3 is 14.2 Å². The summed E-state index contributed by atoms with van der Waals surface area (Å²) in [5.41, 5.74) is 0. The molecule has 0 rings (SSSR count). The van der Waals surface area contributed by atoms with Gasteiger partial charge in [-0.05, 0) is 83.5 Å². The third kappa shape index (κ3) is 47.9. The molecule has 0 unspecified atom stereocenters. The van der Waals surface area contributed by atoms with E-state index in [-0.39, 0.29) is 37.5 Å². The zero-order chi connectivity index (χ0) is 45.1. The van der Waals surface area contributed by atoms with Crippen LogP contribution >= 0.6 is 0 Å². The molecule has 62 heavy (non-hydrogen) atoms. The fraction of sp³-hybridized carbons (Fsp3) is 0.732. The summed E-state index contributed by atoms with van der Waals surface area (Å²) in [7, 11) is 0. The van der Waals surface area contributed by atoms with Gasteiger partial charge in [0.2, 0.25) is 0 Å². The van der Waals surface area contributed by atoms with Crippen molar-refractivity contribution < 1.29 is 28.6 Å². The molecule has 0 aliphatic heterocycles. The lowest BCUT2D eigenvalue weighted by molar-refractivity contribution is -0.167. The molecule has 0 aliphatic rings. The zero-order valence-electron chi connectivity index (χ0n) is 40.6. The van der Waals surface area contributed by atoms with Crippen LogP contribution in [0.2, 0.25) is 0 Å². The third-order valence-corrected chi connectivity index (χ3v) is 10.9. The predicted octanol–water partition coefficient (Wildman–Crippen LogP) is 17.0. The first kappa shape index (κ1) is 58.9. The molecule has 0 aliphatic carbocycles. The van der Waals surface area contributed by atoms with Crippen LogP contribution in [0.25, 0.3) is 0 Å². The summed E-state index contributed by atoms with van der Waals surface area (Å²) < 4.78 is 16.7. The molecule has 0 heterocycles. The smallest absolute Gasteiger partial charge is 0.306 e. The monoisotopic (exact) mass is 865 g/mol. The Morgan fingerprint density at radius 1 is 0.339 bits per heavy atom. The Morgan fingerprint density at radius 2 is 0.645 bits per heavy atom. The zero-order valence-corrected chi connectivity index (χ0v) is 40.6. The molecular formula is C56H96O6. The first-order valence-corrected chi connectivity index (χ1v) is 25.9. The van der Waals surface area contributed by atoms with Crippen molar-refractivity contribution in [3.63, 3.8) is 0 Å². The van der Waals surface area contributed by atoms with Gasteiger partial charge in [0.05, 0.1) is 0 Å². The normalized spacial score (nSPS) is 12.6. The van der Waals surface area contributed by atoms with Crippen LogP contribution in [-0.2, 0) is 28.6 Å². The number of allylic oxidation sites excluding steroid dienone is 12. The van der Waals surface area contributed by atoms with Crippen molar-refractivity contribution in [3.05, 3.63) is 72.9 Å². The molecule has 0 radical (unpaired) electrons. The van der Waals surface area contributed by atoms with Crippen molar-refractivity contribution in [3.8, 4) is 0 Å². The highest BCUT2D eigenvalue weighted by Crippen LogP contribution is 2.14. The maximum atomic E-state index is 12.8. The average Bonchev–Trinajstić information content (AvgIpc) is 3.27. The van der Waals surface area contributed by atoms with E-state index in [1.807, 2.05) is 0 Å². The van der Waals surface area contributed by atoms with Crippen LogP contribution in [0, 0.1) is 0 Å². The van der Waals surface area contributed by atoms with Crippen LogP contribution in [0.1, 0.15) is 245 Å². The molecule has 0 amide bonds. The van der Waals surface area contributed by atoms with E-state index in [0.717, 1.165) is 96.3 Å². The Kier molecular flexibility index (Phi) is 47.9. The molecule has 6 nitrogen and oxygen atoms in total. The lowest BCUT2D eigenvalue weighted by Gasteiger charge is -2.18. The first-order valence-electron chi connectivity index (χ1n) is 25.9. The molecule has 0 saturated carbocycles. The van der Waals surface area contributed by atoms with Crippen LogP contribution in [0.3, 0.4) is 0 Å². The third-order valence-electron chi connectivity index (χ3n) is 10.9. The summed E-state index contributed by atoms with van der Waals surface area (Å²) >= 11 is 0. The van der Waals surface area contributed by atoms with Gasteiger partial charge in [0.15, 0.2) is 6.10 Å². The molecular weight excluding hydrogens is 769 g/mol. The lowest BCUT2D eigenvalue weighted by Crippen LogP contribution is -2.30. The lowest BCUT2D eigenvalue weighted by atomic mass is 10.0. The van der Waals surface area contributed by atoms with Gasteiger partial charge in [-0.1, -0.05) is 216 Å². The Balaban J connectivity index is 4.48. The van der Waals surface area contributed by atoms with Crippen LogP contribution in [-0.4, -0.2) is 37.2 Å². The van der Waals surface area contributed by atoms with Gasteiger partial charge in [0.25, 0.3) is 0 Å². The molecule has 0 saturated heterocycles. The van der Waals surface area contributed by atoms with E-state index in [1.165, 1.54) is 103 Å². The molecule has 6 heteroatoms. The van der Waals surface area contributed by atoms with Crippen LogP contribution in [0.15, 0.2) is 72.9 Å². The largest absolute Gasteiger partial charge is 0.462 e. The number of carbonyl (C=O) groups is 3. The minimum absolute atomic E-state index is 0.0996. The summed E-state index contributed by atoms with van der Waals surface area (Å²) in [4.78, 5) is 37.9. The molecule has 356 valence electrons. The second-order valence-electron chi connectivity index (χ2n) is 17.1. The van der Waals surface area contributed by atoms with Crippen molar-refractivity contribution in [2.24, 2.45) is 0 Å². The van der Waals surface area contributed by atoms with Gasteiger partial charge in [-0.3, -0.25) is 14.4 Å². The van der Waals surface area contributed by atoms with Gasteiger partial charge >= 0.3 is 17.9 Å². The van der Waals surface area contributed by atoms with Crippen LogP contribution in [0.4, 0.5) is 0 Å². The molecule has 0 spiro atoms. The summed E-state index contributed by atoms with van der Waals surface area (Å²) in [6.07, 6.45) is 63.2. The highest BCUT2D eigenvalue weighted by Gasteiger charge is 2.19. The Labute approximate surface area is 382 Å². The first-order chi connectivity index (χ1) is 30.5. The quantitative estimate of drug-likeness (QED) is 0.0262. The number of ether oxygens (including phenoxy) is 3. The predicted molar refractivity (Wildman–Crippen MR) is 265 cm³/mol. The van der Waals surface area contributed by atoms with E-state index in [4.69, 9.17) is 14.2 Å². The van der Waals surface area contributed by atoms with Crippen LogP contribution in [0.5, 0.6) is 0 Å². The molecule has 0 aromatic carbocycles. The highest BCUT2D eigenvalue weighted by molar-refractivity contribution is 5.71. The van der Waals surface area contributed by atoms with E-state index >= 15 is 0 Å². The standard InChI is InChI=1S/C56H96O6/c1-4-7-10-13-16-19-22-25-27-28-30-32-35-38-41-44-47-50-56(59)62-53(51-60-54(57)48-45-42-39-36-33-24-21-18-15-12-9-6-3)52-61-55(58)49-46-43-40-37-34-31-29-26-23-20-17-14-11-8-5-2/h8,11,17,20,25-27,29-30,32,38,41,53H,4-7,9-10,12-16,18-19,21-24,28,31,33-37,39-40,42-52H2,1-3H3/b11-8-,20-17-,27-25-,29-26-,32-30-,41-38-/t53-/m0/s1. The number of unbranched alkanes of at least 4 members (excludes halogenated alkanes) is 23. The minimum atomic E-state index is -0.806. The second-order valence-corrected chi connectivity index (χ2v) is 17.1. The van der Waals surface area contributed by atoms with E-state index in [1.54, 1.807) is 0 Å². The van der Waals surface area contributed by atoms with Crippen molar-refractivity contribution in [2.75, 3.05) is 13.2 Å². The van der Waals surface area contributed by atoms with Gasteiger partial charge in [-0.15, -0.1) is 0 Å². The summed E-state index contributed by atoms with van der Waals surface area (Å²) in [6, 6.07) is 0. The van der Waals surface area contributed by atoms with Gasteiger partial charge in [-0.25, -0.2) is 0 Å². The highest BCUT2D eigenvalue weighted by atomic mass is 16.6. The van der Waals surface area contributed by atoms with E-state index in [9.17, 15) is 14.4 Å². The van der Waals surface area contributed by atoms with Crippen LogP contribution < -0.4 is 0 Å². The van der Waals surface area contributed by atoms with Crippen molar-refractivity contribution >= 4 is 17.9 Å². The van der Waals surface area contributed by atoms with Crippen molar-refractivity contribution in [2.45, 2.75) is 252 Å². The van der Waals surface area contributed by atoms with E-state index < -0.39 is 6.10 Å². The SMILES string of the molecule is CC/C=C\C/C=C\C/C=C\CCCCCCCC(=O)OC[C@H](COC(=O)CCCCCCCCCCCCCC)OC(=O)CCC/C=C\C/C=C\C/C=C\CCCCCCCC. The number of carbonyl (C=O) groups excluding carboxylic acids is 3. The molecule has 1 atom stereocenters. The maximum absolute atomic E-state index is 12.8. The topological polar surface area (TPSA) is 78.9 Å². The van der Waals surface area contributed by atoms with Crippen molar-refractivity contribution in [1.82, 2.24) is 0 Å². The molecule has 0 bridgehead atoms. The minimum Gasteiger partial charge on any atom is -0.462 e. The number of esters is 3. The second kappa shape index (κ2) is 50.5. The summed E-state index contributed by atoms with van der Waals surface area (Å²) in [6.45, 7) is 6.46. The Bertz CT molecular complexity index is 1180. The average molecular weight is 865 g/mol. The van der Waals surface area contributed by atoms with E-state index in [2.05, 4.69) is 93.7 Å². The van der Waals surface area contributed by atoms with Gasteiger partial charge in [-0.2, -0.15) is 0 Å². The fourth-order valence-corrected chi connectivity index (χ4v) is 7.06. The Hall–Kier alpha value is -3.15. The number of rotatable bonds is 46. The van der Waals surface area contributed by atoms with Gasteiger partial charge in [0, 0.05) is 19.3 Å².